The highest BCUT2D eigenvalue weighted by Gasteiger charge is 2.07. The van der Waals surface area contributed by atoms with Crippen molar-refractivity contribution in [2.24, 2.45) is 0 Å². The molecule has 0 bridgehead atoms. The standard InChI is InChI=1S/C13H18ClN3OS/c1-9-4-3-5-11(6-9)7-12(14)8-15-13(19)17-16-10(2)18/h3-6,12H,7-8H2,1-2H3,(H,16,18)(H2,15,17,19)/t12-/m1/s1. The molecule has 104 valence electrons. The van der Waals surface area contributed by atoms with Gasteiger partial charge in [-0.1, -0.05) is 29.8 Å². The van der Waals surface area contributed by atoms with Crippen LogP contribution in [-0.4, -0.2) is 22.9 Å². The molecule has 1 aromatic rings. The van der Waals surface area contributed by atoms with Crippen LogP contribution in [0.1, 0.15) is 18.1 Å². The Labute approximate surface area is 123 Å². The first-order valence-corrected chi connectivity index (χ1v) is 6.82. The number of carbonyl (C=O) groups excluding carboxylic acids is 1. The van der Waals surface area contributed by atoms with Gasteiger partial charge >= 0.3 is 0 Å². The highest BCUT2D eigenvalue weighted by atomic mass is 35.5. The summed E-state index contributed by atoms with van der Waals surface area (Å²) >= 11 is 11.2. The second kappa shape index (κ2) is 7.96. The molecule has 1 aromatic carbocycles. The van der Waals surface area contributed by atoms with Gasteiger partial charge < -0.3 is 5.32 Å². The van der Waals surface area contributed by atoms with Gasteiger partial charge in [-0.25, -0.2) is 0 Å². The maximum Gasteiger partial charge on any atom is 0.235 e. The molecule has 0 saturated heterocycles. The number of nitrogens with one attached hydrogen (secondary N) is 3. The van der Waals surface area contributed by atoms with Crippen molar-refractivity contribution in [2.45, 2.75) is 25.6 Å². The highest BCUT2D eigenvalue weighted by molar-refractivity contribution is 7.80. The van der Waals surface area contributed by atoms with E-state index in [0.717, 1.165) is 6.42 Å². The topological polar surface area (TPSA) is 53.2 Å². The summed E-state index contributed by atoms with van der Waals surface area (Å²) in [7, 11) is 0. The maximum atomic E-state index is 10.7. The lowest BCUT2D eigenvalue weighted by Gasteiger charge is -2.14. The van der Waals surface area contributed by atoms with Crippen molar-refractivity contribution in [1.82, 2.24) is 16.2 Å². The summed E-state index contributed by atoms with van der Waals surface area (Å²) in [5.74, 6) is -0.202. The van der Waals surface area contributed by atoms with Crippen molar-refractivity contribution in [2.75, 3.05) is 6.54 Å². The molecule has 0 fully saturated rings. The number of halogens is 1. The number of thiocarbonyl (C=S) groups is 1. The van der Waals surface area contributed by atoms with Crippen molar-refractivity contribution >= 4 is 34.8 Å². The van der Waals surface area contributed by atoms with Gasteiger partial charge in [0.15, 0.2) is 5.11 Å². The molecule has 0 unspecified atom stereocenters. The Morgan fingerprint density at radius 1 is 1.42 bits per heavy atom. The van der Waals surface area contributed by atoms with Crippen LogP contribution in [0, 0.1) is 6.92 Å². The van der Waals surface area contributed by atoms with Crippen LogP contribution in [0.25, 0.3) is 0 Å². The summed E-state index contributed by atoms with van der Waals surface area (Å²) in [5, 5.41) is 3.23. The third kappa shape index (κ3) is 6.98. The van der Waals surface area contributed by atoms with Gasteiger partial charge in [0.05, 0.1) is 5.38 Å². The number of hydrogen-bond acceptors (Lipinski definition) is 2. The smallest absolute Gasteiger partial charge is 0.235 e. The molecule has 0 saturated carbocycles. The summed E-state index contributed by atoms with van der Waals surface area (Å²) in [6.07, 6.45) is 0.763. The van der Waals surface area contributed by atoms with E-state index in [2.05, 4.69) is 41.3 Å². The molecule has 0 aliphatic rings. The first-order valence-electron chi connectivity index (χ1n) is 5.97. The van der Waals surface area contributed by atoms with Crippen LogP contribution in [0.2, 0.25) is 0 Å². The Balaban J connectivity index is 2.29. The second-order valence-electron chi connectivity index (χ2n) is 4.31. The van der Waals surface area contributed by atoms with Gasteiger partial charge in [0.25, 0.3) is 0 Å². The van der Waals surface area contributed by atoms with Gasteiger partial charge in [-0.2, -0.15) is 0 Å². The minimum atomic E-state index is -0.202. The first kappa shape index (κ1) is 15.7. The molecule has 0 aromatic heterocycles. The predicted octanol–water partition coefficient (Wildman–Crippen LogP) is 1.66. The van der Waals surface area contributed by atoms with E-state index in [9.17, 15) is 4.79 Å². The van der Waals surface area contributed by atoms with Crippen LogP contribution in [0.3, 0.4) is 0 Å². The summed E-state index contributed by atoms with van der Waals surface area (Å²) < 4.78 is 0. The lowest BCUT2D eigenvalue weighted by molar-refractivity contribution is -0.119. The molecule has 6 heteroatoms. The fourth-order valence-electron chi connectivity index (χ4n) is 1.56. The van der Waals surface area contributed by atoms with E-state index in [0.29, 0.717) is 11.7 Å². The fraction of sp³-hybridized carbons (Fsp3) is 0.385. The first-order chi connectivity index (χ1) is 8.97. The normalized spacial score (nSPS) is 11.5. The minimum Gasteiger partial charge on any atom is -0.360 e. The van der Waals surface area contributed by atoms with Crippen LogP contribution in [0.15, 0.2) is 24.3 Å². The van der Waals surface area contributed by atoms with E-state index in [1.54, 1.807) is 0 Å². The number of benzene rings is 1. The zero-order chi connectivity index (χ0) is 14.3. The largest absolute Gasteiger partial charge is 0.360 e. The Kier molecular flexibility index (Phi) is 6.59. The molecular formula is C13H18ClN3OS. The molecule has 0 spiro atoms. The predicted molar refractivity (Wildman–Crippen MR) is 82.1 cm³/mol. The second-order valence-corrected chi connectivity index (χ2v) is 5.33. The van der Waals surface area contributed by atoms with Crippen LogP contribution >= 0.6 is 23.8 Å². The van der Waals surface area contributed by atoms with Gasteiger partial charge in [0, 0.05) is 13.5 Å². The highest BCUT2D eigenvalue weighted by Crippen LogP contribution is 2.09. The lowest BCUT2D eigenvalue weighted by atomic mass is 10.1. The molecule has 1 atom stereocenters. The molecule has 0 aliphatic heterocycles. The molecule has 4 nitrogen and oxygen atoms in total. The third-order valence-electron chi connectivity index (χ3n) is 2.38. The molecule has 3 N–H and O–H groups in total. The zero-order valence-electron chi connectivity index (χ0n) is 11.0. The van der Waals surface area contributed by atoms with E-state index in [1.165, 1.54) is 18.1 Å². The number of hydrogen-bond donors (Lipinski definition) is 3. The van der Waals surface area contributed by atoms with Crippen LogP contribution < -0.4 is 16.2 Å². The number of aryl methyl sites for hydroxylation is 1. The molecule has 0 heterocycles. The Bertz CT molecular complexity index is 453. The number of rotatable bonds is 4. The minimum absolute atomic E-state index is 0.0705. The van der Waals surface area contributed by atoms with Gasteiger partial charge in [-0.3, -0.25) is 15.6 Å². The monoisotopic (exact) mass is 299 g/mol. The molecule has 0 aliphatic carbocycles. The van der Waals surface area contributed by atoms with E-state index in [1.807, 2.05) is 6.07 Å². The quantitative estimate of drug-likeness (QED) is 0.450. The van der Waals surface area contributed by atoms with E-state index >= 15 is 0 Å². The zero-order valence-corrected chi connectivity index (χ0v) is 12.6. The average molecular weight is 300 g/mol. The van der Waals surface area contributed by atoms with Gasteiger partial charge in [0.1, 0.15) is 0 Å². The van der Waals surface area contributed by atoms with Crippen LogP contribution in [0.5, 0.6) is 0 Å². The van der Waals surface area contributed by atoms with Crippen molar-refractivity contribution < 1.29 is 4.79 Å². The van der Waals surface area contributed by atoms with Crippen molar-refractivity contribution in [1.29, 1.82) is 0 Å². The third-order valence-corrected chi connectivity index (χ3v) is 2.93. The van der Waals surface area contributed by atoms with Gasteiger partial charge in [0.2, 0.25) is 5.91 Å². The summed E-state index contributed by atoms with van der Waals surface area (Å²) in [6, 6.07) is 8.24. The average Bonchev–Trinajstić information content (AvgIpc) is 2.34. The van der Waals surface area contributed by atoms with Gasteiger partial charge in [-0.15, -0.1) is 11.6 Å². The fourth-order valence-corrected chi connectivity index (χ4v) is 1.95. The van der Waals surface area contributed by atoms with E-state index in [4.69, 9.17) is 23.8 Å². The molecule has 19 heavy (non-hydrogen) atoms. The Morgan fingerprint density at radius 3 is 2.79 bits per heavy atom. The number of carbonyl (C=O) groups is 1. The number of hydrazine groups is 1. The molecule has 0 radical (unpaired) electrons. The van der Waals surface area contributed by atoms with Crippen LogP contribution in [-0.2, 0) is 11.2 Å². The maximum absolute atomic E-state index is 10.7. The van der Waals surface area contributed by atoms with E-state index < -0.39 is 0 Å². The van der Waals surface area contributed by atoms with Crippen LogP contribution in [0.4, 0.5) is 0 Å². The number of alkyl halides is 1. The molecule has 1 rings (SSSR count). The van der Waals surface area contributed by atoms with Crippen molar-refractivity contribution in [3.8, 4) is 0 Å². The number of amides is 1. The lowest BCUT2D eigenvalue weighted by Crippen LogP contribution is -2.47. The SMILES string of the molecule is CC(=O)NNC(=S)NC[C@H](Cl)Cc1cccc(C)c1. The Hall–Kier alpha value is -1.33. The van der Waals surface area contributed by atoms with E-state index in [-0.39, 0.29) is 11.3 Å². The summed E-state index contributed by atoms with van der Waals surface area (Å²) in [4.78, 5) is 10.7. The van der Waals surface area contributed by atoms with Gasteiger partial charge in [-0.05, 0) is 31.1 Å². The van der Waals surface area contributed by atoms with Crippen molar-refractivity contribution in [3.63, 3.8) is 0 Å². The summed E-state index contributed by atoms with van der Waals surface area (Å²) in [5.41, 5.74) is 7.38. The molecule has 1 amide bonds. The Morgan fingerprint density at radius 2 is 2.16 bits per heavy atom. The van der Waals surface area contributed by atoms with Crippen molar-refractivity contribution in [3.05, 3.63) is 35.4 Å². The molecular weight excluding hydrogens is 282 g/mol. The summed E-state index contributed by atoms with van der Waals surface area (Å²) in [6.45, 7) is 3.98.